The Balaban J connectivity index is 1.76. The van der Waals surface area contributed by atoms with Crippen molar-refractivity contribution >= 4 is 5.91 Å². The van der Waals surface area contributed by atoms with Crippen molar-refractivity contribution in [2.24, 2.45) is 5.92 Å². The van der Waals surface area contributed by atoms with Gasteiger partial charge in [-0.15, -0.1) is 0 Å². The molecule has 2 aromatic heterocycles. The zero-order valence-corrected chi connectivity index (χ0v) is 13.5. The molecule has 2 aromatic rings. The average Bonchev–Trinajstić information content (AvgIpc) is 3.26. The summed E-state index contributed by atoms with van der Waals surface area (Å²) in [5.41, 5.74) is 1.70. The number of rotatable bonds is 6. The topological polar surface area (TPSA) is 63.1 Å². The van der Waals surface area contributed by atoms with E-state index in [2.05, 4.69) is 15.4 Å². The van der Waals surface area contributed by atoms with Crippen molar-refractivity contribution in [3.63, 3.8) is 0 Å². The second-order valence-corrected chi connectivity index (χ2v) is 5.99. The molecular weight excluding hydrogens is 290 g/mol. The van der Waals surface area contributed by atoms with Gasteiger partial charge >= 0.3 is 0 Å². The molecule has 122 valence electrons. The van der Waals surface area contributed by atoms with Crippen LogP contribution in [0.1, 0.15) is 29.3 Å². The number of hydrogen-bond donors (Lipinski definition) is 1. The summed E-state index contributed by atoms with van der Waals surface area (Å²) in [6, 6.07) is 3.92. The largest absolute Gasteiger partial charge is 0.334 e. The highest BCUT2D eigenvalue weighted by Gasteiger charge is 2.23. The van der Waals surface area contributed by atoms with Crippen molar-refractivity contribution in [1.29, 1.82) is 0 Å². The van der Waals surface area contributed by atoms with Crippen molar-refractivity contribution < 1.29 is 4.79 Å². The Morgan fingerprint density at radius 2 is 2.39 bits per heavy atom. The highest BCUT2D eigenvalue weighted by Crippen LogP contribution is 2.15. The van der Waals surface area contributed by atoms with Gasteiger partial charge in [0.25, 0.3) is 5.91 Å². The first-order valence-electron chi connectivity index (χ1n) is 8.17. The van der Waals surface area contributed by atoms with Gasteiger partial charge in [0.2, 0.25) is 0 Å². The van der Waals surface area contributed by atoms with Crippen LogP contribution in [0.5, 0.6) is 0 Å². The normalized spacial score (nSPS) is 17.3. The molecular formula is C17H23N5O. The molecule has 1 fully saturated rings. The predicted octanol–water partition coefficient (Wildman–Crippen LogP) is 1.55. The quantitative estimate of drug-likeness (QED) is 0.879. The Labute approximate surface area is 136 Å². The van der Waals surface area contributed by atoms with E-state index in [-0.39, 0.29) is 5.91 Å². The fourth-order valence-corrected chi connectivity index (χ4v) is 2.94. The van der Waals surface area contributed by atoms with Gasteiger partial charge in [-0.2, -0.15) is 5.10 Å². The molecule has 0 aliphatic carbocycles. The summed E-state index contributed by atoms with van der Waals surface area (Å²) in [5, 5.41) is 7.59. The SMILES string of the molecule is CCn1cc(C(=O)N(Cc2cccnc2)CC2CCNC2)cn1. The van der Waals surface area contributed by atoms with E-state index in [0.717, 1.165) is 38.2 Å². The standard InChI is InChI=1S/C17H23N5O/c1-2-22-13-16(10-20-22)17(23)21(12-15-5-7-19-9-15)11-14-4-3-6-18-8-14/h3-4,6,8,10,13,15,19H,2,5,7,9,11-12H2,1H3. The third-order valence-electron chi connectivity index (χ3n) is 4.23. The summed E-state index contributed by atoms with van der Waals surface area (Å²) in [6.07, 6.45) is 8.18. The first-order chi connectivity index (χ1) is 11.3. The van der Waals surface area contributed by atoms with Crippen LogP contribution in [-0.4, -0.2) is 45.2 Å². The molecule has 0 radical (unpaired) electrons. The molecule has 1 amide bonds. The molecule has 1 N–H and O–H groups in total. The van der Waals surface area contributed by atoms with Crippen LogP contribution in [-0.2, 0) is 13.1 Å². The van der Waals surface area contributed by atoms with Gasteiger partial charge in [0.05, 0.1) is 11.8 Å². The molecule has 1 aliphatic heterocycles. The number of carbonyl (C=O) groups is 1. The Bertz CT molecular complexity index is 633. The Hall–Kier alpha value is -2.21. The van der Waals surface area contributed by atoms with Gasteiger partial charge in [-0.05, 0) is 44.0 Å². The summed E-state index contributed by atoms with van der Waals surface area (Å²) in [5.74, 6) is 0.553. The molecule has 6 nitrogen and oxygen atoms in total. The van der Waals surface area contributed by atoms with Crippen LogP contribution in [0.15, 0.2) is 36.9 Å². The number of nitrogens with zero attached hydrogens (tertiary/aromatic N) is 4. The average molecular weight is 313 g/mol. The van der Waals surface area contributed by atoms with Crippen LogP contribution in [0.4, 0.5) is 0 Å². The lowest BCUT2D eigenvalue weighted by Gasteiger charge is -2.25. The van der Waals surface area contributed by atoms with Crippen LogP contribution in [0.2, 0.25) is 0 Å². The van der Waals surface area contributed by atoms with Gasteiger partial charge in [0.1, 0.15) is 0 Å². The lowest BCUT2D eigenvalue weighted by atomic mass is 10.1. The molecule has 3 heterocycles. The fraction of sp³-hybridized carbons (Fsp3) is 0.471. The van der Waals surface area contributed by atoms with Crippen molar-refractivity contribution in [3.05, 3.63) is 48.0 Å². The maximum atomic E-state index is 12.9. The molecule has 0 spiro atoms. The molecule has 23 heavy (non-hydrogen) atoms. The molecule has 3 rings (SSSR count). The van der Waals surface area contributed by atoms with E-state index in [1.165, 1.54) is 0 Å². The Morgan fingerprint density at radius 1 is 1.48 bits per heavy atom. The van der Waals surface area contributed by atoms with Gasteiger partial charge in [-0.1, -0.05) is 6.07 Å². The Morgan fingerprint density at radius 3 is 3.04 bits per heavy atom. The van der Waals surface area contributed by atoms with Crippen LogP contribution in [0.3, 0.4) is 0 Å². The van der Waals surface area contributed by atoms with Gasteiger partial charge in [0, 0.05) is 38.2 Å². The second-order valence-electron chi connectivity index (χ2n) is 5.99. The molecule has 0 aromatic carbocycles. The number of amides is 1. The van der Waals surface area contributed by atoms with Gasteiger partial charge in [0.15, 0.2) is 0 Å². The molecule has 1 aliphatic rings. The molecule has 1 saturated heterocycles. The molecule has 1 unspecified atom stereocenters. The van der Waals surface area contributed by atoms with E-state index in [9.17, 15) is 4.79 Å². The first-order valence-corrected chi connectivity index (χ1v) is 8.17. The van der Waals surface area contributed by atoms with Crippen molar-refractivity contribution in [1.82, 2.24) is 25.0 Å². The molecule has 6 heteroatoms. The lowest BCUT2D eigenvalue weighted by molar-refractivity contribution is 0.0718. The maximum absolute atomic E-state index is 12.9. The number of aromatic nitrogens is 3. The van der Waals surface area contributed by atoms with Crippen LogP contribution in [0.25, 0.3) is 0 Å². The predicted molar refractivity (Wildman–Crippen MR) is 87.9 cm³/mol. The third kappa shape index (κ3) is 3.96. The van der Waals surface area contributed by atoms with Gasteiger partial charge < -0.3 is 10.2 Å². The highest BCUT2D eigenvalue weighted by atomic mass is 16.2. The summed E-state index contributed by atoms with van der Waals surface area (Å²) < 4.78 is 1.78. The zero-order chi connectivity index (χ0) is 16.1. The molecule has 1 atom stereocenters. The molecule has 0 bridgehead atoms. The number of carbonyl (C=O) groups excluding carboxylic acids is 1. The van der Waals surface area contributed by atoms with E-state index < -0.39 is 0 Å². The summed E-state index contributed by atoms with van der Waals surface area (Å²) in [4.78, 5) is 19.0. The zero-order valence-electron chi connectivity index (χ0n) is 13.5. The van der Waals surface area contributed by atoms with E-state index in [1.54, 1.807) is 17.1 Å². The smallest absolute Gasteiger partial charge is 0.257 e. The summed E-state index contributed by atoms with van der Waals surface area (Å²) >= 11 is 0. The van der Waals surface area contributed by atoms with Crippen LogP contribution < -0.4 is 5.32 Å². The highest BCUT2D eigenvalue weighted by molar-refractivity contribution is 5.93. The minimum absolute atomic E-state index is 0.0421. The van der Waals surface area contributed by atoms with E-state index in [4.69, 9.17) is 0 Å². The van der Waals surface area contributed by atoms with Crippen LogP contribution >= 0.6 is 0 Å². The van der Waals surface area contributed by atoms with Crippen molar-refractivity contribution in [2.45, 2.75) is 26.4 Å². The minimum atomic E-state index is 0.0421. The third-order valence-corrected chi connectivity index (χ3v) is 4.23. The fourth-order valence-electron chi connectivity index (χ4n) is 2.94. The van der Waals surface area contributed by atoms with Crippen molar-refractivity contribution in [3.8, 4) is 0 Å². The van der Waals surface area contributed by atoms with E-state index in [0.29, 0.717) is 18.0 Å². The number of hydrogen-bond acceptors (Lipinski definition) is 4. The monoisotopic (exact) mass is 313 g/mol. The lowest BCUT2D eigenvalue weighted by Crippen LogP contribution is -2.35. The summed E-state index contributed by atoms with van der Waals surface area (Å²) in [6.45, 7) is 6.14. The number of nitrogens with one attached hydrogen (secondary N) is 1. The number of aryl methyl sites for hydroxylation is 1. The van der Waals surface area contributed by atoms with Gasteiger partial charge in [-0.3, -0.25) is 14.5 Å². The first kappa shape index (κ1) is 15.7. The van der Waals surface area contributed by atoms with Crippen molar-refractivity contribution in [2.75, 3.05) is 19.6 Å². The number of pyridine rings is 1. The summed E-state index contributed by atoms with van der Waals surface area (Å²) in [7, 11) is 0. The maximum Gasteiger partial charge on any atom is 0.257 e. The Kier molecular flexibility index (Phi) is 5.02. The van der Waals surface area contributed by atoms with E-state index >= 15 is 0 Å². The van der Waals surface area contributed by atoms with E-state index in [1.807, 2.05) is 36.4 Å². The minimum Gasteiger partial charge on any atom is -0.334 e. The molecule has 0 saturated carbocycles. The second kappa shape index (κ2) is 7.37. The van der Waals surface area contributed by atoms with Crippen LogP contribution in [0, 0.1) is 5.92 Å². The van der Waals surface area contributed by atoms with Gasteiger partial charge in [-0.25, -0.2) is 0 Å².